The first-order valence-corrected chi connectivity index (χ1v) is 10.6. The predicted molar refractivity (Wildman–Crippen MR) is 126 cm³/mol. The average Bonchev–Trinajstić information content (AvgIpc) is 2.73. The first-order chi connectivity index (χ1) is 15.0. The number of aliphatic carboxylic acids is 1. The van der Waals surface area contributed by atoms with Gasteiger partial charge in [0.2, 0.25) is 0 Å². The van der Waals surface area contributed by atoms with Gasteiger partial charge in [0.15, 0.2) is 17.6 Å². The minimum Gasteiger partial charge on any atom is -0.493 e. The number of methoxy groups -OCH3 is 1. The number of carboxylic acids is 1. The van der Waals surface area contributed by atoms with Crippen LogP contribution in [0.1, 0.15) is 39.1 Å². The van der Waals surface area contributed by atoms with Gasteiger partial charge in [0, 0.05) is 9.89 Å². The summed E-state index contributed by atoms with van der Waals surface area (Å²) in [7, 11) is 1.46. The van der Waals surface area contributed by atoms with Gasteiger partial charge in [0.05, 0.1) is 24.2 Å². The van der Waals surface area contributed by atoms with E-state index >= 15 is 0 Å². The number of ether oxygens (including phenoxy) is 2. The van der Waals surface area contributed by atoms with Crippen molar-refractivity contribution in [2.75, 3.05) is 7.11 Å². The molecule has 9 heteroatoms. The molecule has 0 saturated carbocycles. The van der Waals surface area contributed by atoms with Gasteiger partial charge in [0.1, 0.15) is 5.82 Å². The second-order valence-electron chi connectivity index (χ2n) is 8.22. The number of nitrogens with zero attached hydrogens (tertiary/aromatic N) is 3. The predicted octanol–water partition coefficient (Wildman–Crippen LogP) is 4.20. The number of carboxylic acid groups (broad SMARTS) is 1. The summed E-state index contributed by atoms with van der Waals surface area (Å²) < 4.78 is 12.8. The molecule has 1 aromatic heterocycles. The summed E-state index contributed by atoms with van der Waals surface area (Å²) >= 11 is 3.40. The van der Waals surface area contributed by atoms with Crippen LogP contribution in [0, 0.1) is 0 Å². The van der Waals surface area contributed by atoms with E-state index in [2.05, 4.69) is 26.0 Å². The zero-order valence-corrected chi connectivity index (χ0v) is 20.0. The Kier molecular flexibility index (Phi) is 6.68. The van der Waals surface area contributed by atoms with E-state index in [4.69, 9.17) is 14.6 Å². The highest BCUT2D eigenvalue weighted by atomic mass is 79.9. The number of carbonyl (C=O) groups is 1. The van der Waals surface area contributed by atoms with Gasteiger partial charge in [-0.3, -0.25) is 4.79 Å². The van der Waals surface area contributed by atoms with Gasteiger partial charge >= 0.3 is 5.97 Å². The Bertz CT molecular complexity index is 1260. The van der Waals surface area contributed by atoms with E-state index in [1.807, 2.05) is 26.8 Å². The fourth-order valence-electron chi connectivity index (χ4n) is 2.97. The Hall–Kier alpha value is -3.20. The molecule has 1 N–H and O–H groups in total. The zero-order valence-electron chi connectivity index (χ0n) is 18.4. The van der Waals surface area contributed by atoms with E-state index < -0.39 is 17.5 Å². The molecule has 0 fully saturated rings. The minimum atomic E-state index is -1.08. The van der Waals surface area contributed by atoms with Crippen LogP contribution in [0.15, 0.2) is 50.8 Å². The Balaban J connectivity index is 2.07. The summed E-state index contributed by atoms with van der Waals surface area (Å²) in [5, 5.41) is 13.9. The van der Waals surface area contributed by atoms with Crippen LogP contribution in [-0.4, -0.2) is 40.2 Å². The number of benzene rings is 2. The van der Waals surface area contributed by atoms with Crippen LogP contribution in [0.25, 0.3) is 10.9 Å². The average molecular weight is 502 g/mol. The Morgan fingerprint density at radius 1 is 1.22 bits per heavy atom. The molecule has 0 amide bonds. The van der Waals surface area contributed by atoms with E-state index in [1.54, 1.807) is 30.3 Å². The standard InChI is InChI=1S/C23H24BrN3O5/c1-13(21(29)30)32-18-9-6-14(10-19(18)31-5)12-25-27-20(28)16-11-15(24)7-8-17(16)26-22(27)23(2,3)4/h6-13H,1-5H3,(H,29,30)/t13-/m1/s1. The molecule has 3 aromatic rings. The van der Waals surface area contributed by atoms with Gasteiger partial charge in [-0.05, 0) is 48.9 Å². The molecule has 0 saturated heterocycles. The molecule has 1 atom stereocenters. The molecule has 0 radical (unpaired) electrons. The monoisotopic (exact) mass is 501 g/mol. The molecule has 32 heavy (non-hydrogen) atoms. The van der Waals surface area contributed by atoms with Crippen molar-refractivity contribution in [3.63, 3.8) is 0 Å². The summed E-state index contributed by atoms with van der Waals surface area (Å²) in [4.78, 5) is 29.0. The maximum atomic E-state index is 13.2. The first kappa shape index (κ1) is 23.5. The van der Waals surface area contributed by atoms with Crippen molar-refractivity contribution >= 4 is 39.0 Å². The third-order valence-electron chi connectivity index (χ3n) is 4.64. The first-order valence-electron chi connectivity index (χ1n) is 9.86. The second kappa shape index (κ2) is 9.12. The molecule has 0 spiro atoms. The van der Waals surface area contributed by atoms with Gasteiger partial charge in [-0.25, -0.2) is 9.78 Å². The smallest absolute Gasteiger partial charge is 0.344 e. The van der Waals surface area contributed by atoms with Crippen molar-refractivity contribution in [1.82, 2.24) is 9.66 Å². The van der Waals surface area contributed by atoms with Gasteiger partial charge < -0.3 is 14.6 Å². The lowest BCUT2D eigenvalue weighted by atomic mass is 9.95. The summed E-state index contributed by atoms with van der Waals surface area (Å²) in [6, 6.07) is 10.3. The third-order valence-corrected chi connectivity index (χ3v) is 5.13. The fourth-order valence-corrected chi connectivity index (χ4v) is 3.33. The number of fused-ring (bicyclic) bond motifs is 1. The quantitative estimate of drug-likeness (QED) is 0.507. The minimum absolute atomic E-state index is 0.278. The van der Waals surface area contributed by atoms with Crippen molar-refractivity contribution in [2.45, 2.75) is 39.2 Å². The Morgan fingerprint density at radius 3 is 2.56 bits per heavy atom. The lowest BCUT2D eigenvalue weighted by molar-refractivity contribution is -0.144. The summed E-state index contributed by atoms with van der Waals surface area (Å²) in [5.41, 5.74) is 0.531. The van der Waals surface area contributed by atoms with Gasteiger partial charge in [-0.2, -0.15) is 9.78 Å². The summed E-state index contributed by atoms with van der Waals surface area (Å²) in [6.45, 7) is 7.32. The molecule has 168 valence electrons. The lowest BCUT2D eigenvalue weighted by Crippen LogP contribution is -2.29. The number of hydrogen-bond donors (Lipinski definition) is 1. The number of aromatic nitrogens is 2. The van der Waals surface area contributed by atoms with Crippen molar-refractivity contribution in [3.05, 3.63) is 62.6 Å². The molecule has 2 aromatic carbocycles. The molecule has 0 aliphatic rings. The van der Waals surface area contributed by atoms with Crippen LogP contribution in [-0.2, 0) is 10.2 Å². The molecular weight excluding hydrogens is 478 g/mol. The van der Waals surface area contributed by atoms with Crippen LogP contribution in [0.3, 0.4) is 0 Å². The summed E-state index contributed by atoms with van der Waals surface area (Å²) in [5.74, 6) is 0.0910. The highest BCUT2D eigenvalue weighted by Gasteiger charge is 2.23. The van der Waals surface area contributed by atoms with Gasteiger partial charge in [-0.15, -0.1) is 0 Å². The van der Waals surface area contributed by atoms with E-state index in [0.717, 1.165) is 4.47 Å². The molecule has 0 aliphatic carbocycles. The second-order valence-corrected chi connectivity index (χ2v) is 9.13. The van der Waals surface area contributed by atoms with Gasteiger partial charge in [-0.1, -0.05) is 36.7 Å². The maximum absolute atomic E-state index is 13.2. The zero-order chi connectivity index (χ0) is 23.6. The van der Waals surface area contributed by atoms with Gasteiger partial charge in [0.25, 0.3) is 5.56 Å². The topological polar surface area (TPSA) is 103 Å². The normalized spacial score (nSPS) is 12.8. The summed E-state index contributed by atoms with van der Waals surface area (Å²) in [6.07, 6.45) is 0.494. The van der Waals surface area contributed by atoms with Crippen molar-refractivity contribution in [2.24, 2.45) is 5.10 Å². The molecule has 1 heterocycles. The number of halogens is 1. The highest BCUT2D eigenvalue weighted by Crippen LogP contribution is 2.29. The van der Waals surface area contributed by atoms with Crippen molar-refractivity contribution in [1.29, 1.82) is 0 Å². The van der Waals surface area contributed by atoms with Crippen LogP contribution in [0.4, 0.5) is 0 Å². The number of hydrogen-bond acceptors (Lipinski definition) is 6. The maximum Gasteiger partial charge on any atom is 0.344 e. The van der Waals surface area contributed by atoms with Crippen LogP contribution < -0.4 is 15.0 Å². The molecule has 3 rings (SSSR count). The molecule has 0 bridgehead atoms. The van der Waals surface area contributed by atoms with Crippen LogP contribution >= 0.6 is 15.9 Å². The molecule has 0 aliphatic heterocycles. The highest BCUT2D eigenvalue weighted by molar-refractivity contribution is 9.10. The molecule has 0 unspecified atom stereocenters. The molecule has 8 nitrogen and oxygen atoms in total. The van der Waals surface area contributed by atoms with E-state index in [9.17, 15) is 9.59 Å². The fraction of sp³-hybridized carbons (Fsp3) is 0.304. The van der Waals surface area contributed by atoms with E-state index in [1.165, 1.54) is 24.9 Å². The van der Waals surface area contributed by atoms with Crippen LogP contribution in [0.5, 0.6) is 11.5 Å². The van der Waals surface area contributed by atoms with Crippen LogP contribution in [0.2, 0.25) is 0 Å². The Labute approximate surface area is 193 Å². The van der Waals surface area contributed by atoms with E-state index in [-0.39, 0.29) is 5.56 Å². The third kappa shape index (κ3) is 4.99. The van der Waals surface area contributed by atoms with E-state index in [0.29, 0.717) is 33.8 Å². The largest absolute Gasteiger partial charge is 0.493 e. The SMILES string of the molecule is COc1cc(C=Nn2c(C(C)(C)C)nc3ccc(Br)cc3c2=O)ccc1O[C@H](C)C(=O)O. The molecular formula is C23H24BrN3O5. The Morgan fingerprint density at radius 2 is 1.94 bits per heavy atom. The van der Waals surface area contributed by atoms with Crippen molar-refractivity contribution < 1.29 is 19.4 Å². The lowest BCUT2D eigenvalue weighted by Gasteiger charge is -2.21. The van der Waals surface area contributed by atoms with Crippen molar-refractivity contribution in [3.8, 4) is 11.5 Å². The number of rotatable bonds is 6.